The maximum absolute atomic E-state index is 13.1. The quantitative estimate of drug-likeness (QED) is 0.285. The van der Waals surface area contributed by atoms with Gasteiger partial charge in [0.2, 0.25) is 0 Å². The lowest BCUT2D eigenvalue weighted by atomic mass is 9.98. The van der Waals surface area contributed by atoms with Gasteiger partial charge in [0, 0.05) is 36.8 Å². The minimum absolute atomic E-state index is 0.00192. The van der Waals surface area contributed by atoms with Crippen molar-refractivity contribution in [3.05, 3.63) is 89.2 Å². The highest BCUT2D eigenvalue weighted by Crippen LogP contribution is 2.35. The van der Waals surface area contributed by atoms with Crippen LogP contribution in [0.25, 0.3) is 21.9 Å². The Kier molecular flexibility index (Phi) is 7.51. The number of halogens is 4. The minimum Gasteiger partial charge on any atom is -0.379 e. The summed E-state index contributed by atoms with van der Waals surface area (Å²) in [6.45, 7) is 4.00. The van der Waals surface area contributed by atoms with Gasteiger partial charge in [-0.3, -0.25) is 9.88 Å². The topological polar surface area (TPSA) is 66.5 Å². The zero-order valence-electron chi connectivity index (χ0n) is 20.2. The van der Waals surface area contributed by atoms with Crippen molar-refractivity contribution in [3.63, 3.8) is 0 Å². The number of hydrogen-bond acceptors (Lipinski definition) is 4. The highest BCUT2D eigenvalue weighted by atomic mass is 35.5. The number of aromatic nitrogens is 1. The van der Waals surface area contributed by atoms with Gasteiger partial charge in [-0.25, -0.2) is 4.79 Å². The average molecular weight is 541 g/mol. The molecule has 0 radical (unpaired) electrons. The van der Waals surface area contributed by atoms with Gasteiger partial charge in [0.05, 0.1) is 40.9 Å². The van der Waals surface area contributed by atoms with E-state index in [4.69, 9.17) is 16.3 Å². The zero-order valence-corrected chi connectivity index (χ0v) is 20.9. The van der Waals surface area contributed by atoms with E-state index in [1.165, 1.54) is 0 Å². The first-order valence-corrected chi connectivity index (χ1v) is 12.4. The molecular weight excluding hydrogens is 517 g/mol. The molecule has 0 saturated carbocycles. The van der Waals surface area contributed by atoms with Crippen molar-refractivity contribution >= 4 is 39.8 Å². The van der Waals surface area contributed by atoms with Crippen LogP contribution in [-0.2, 0) is 17.5 Å². The predicted molar refractivity (Wildman–Crippen MR) is 142 cm³/mol. The number of ether oxygens (including phenoxy) is 1. The van der Waals surface area contributed by atoms with Crippen molar-refractivity contribution in [2.45, 2.75) is 12.7 Å². The van der Waals surface area contributed by atoms with E-state index in [1.807, 2.05) is 48.7 Å². The molecular formula is C28H24ClF3N4O2. The van der Waals surface area contributed by atoms with Crippen molar-refractivity contribution in [2.75, 3.05) is 36.9 Å². The van der Waals surface area contributed by atoms with Crippen molar-refractivity contribution in [1.82, 2.24) is 9.88 Å². The fourth-order valence-corrected chi connectivity index (χ4v) is 4.56. The van der Waals surface area contributed by atoms with Gasteiger partial charge in [0.15, 0.2) is 0 Å². The van der Waals surface area contributed by atoms with Crippen LogP contribution >= 0.6 is 11.6 Å². The number of alkyl halides is 3. The van der Waals surface area contributed by atoms with E-state index in [1.54, 1.807) is 6.07 Å². The highest BCUT2D eigenvalue weighted by molar-refractivity contribution is 6.33. The van der Waals surface area contributed by atoms with E-state index in [2.05, 4.69) is 20.5 Å². The van der Waals surface area contributed by atoms with Gasteiger partial charge in [-0.2, -0.15) is 13.2 Å². The van der Waals surface area contributed by atoms with E-state index in [0.717, 1.165) is 78.6 Å². The summed E-state index contributed by atoms with van der Waals surface area (Å²) in [5.74, 6) is 0. The molecule has 3 aromatic carbocycles. The van der Waals surface area contributed by atoms with Gasteiger partial charge in [0.1, 0.15) is 0 Å². The van der Waals surface area contributed by atoms with Gasteiger partial charge in [-0.15, -0.1) is 0 Å². The Morgan fingerprint density at radius 1 is 0.947 bits per heavy atom. The summed E-state index contributed by atoms with van der Waals surface area (Å²) in [5.41, 5.74) is 2.31. The molecule has 5 rings (SSSR count). The third-order valence-corrected chi connectivity index (χ3v) is 6.67. The lowest BCUT2D eigenvalue weighted by Gasteiger charge is -2.26. The number of benzene rings is 3. The molecule has 1 aliphatic rings. The molecule has 196 valence electrons. The molecule has 0 aliphatic carbocycles. The molecule has 6 nitrogen and oxygen atoms in total. The number of carbonyl (C=O) groups is 1. The smallest absolute Gasteiger partial charge is 0.379 e. The van der Waals surface area contributed by atoms with E-state index < -0.39 is 17.8 Å². The summed E-state index contributed by atoms with van der Waals surface area (Å²) >= 11 is 6.02. The number of nitrogens with zero attached hydrogens (tertiary/aromatic N) is 2. The summed E-state index contributed by atoms with van der Waals surface area (Å²) < 4.78 is 44.6. The molecule has 2 N–H and O–H groups in total. The van der Waals surface area contributed by atoms with Crippen LogP contribution in [0, 0.1) is 0 Å². The van der Waals surface area contributed by atoms with Gasteiger partial charge in [0.25, 0.3) is 0 Å². The number of fused-ring (bicyclic) bond motifs is 1. The molecule has 1 saturated heterocycles. The van der Waals surface area contributed by atoms with Crippen LogP contribution in [0.2, 0.25) is 5.02 Å². The van der Waals surface area contributed by atoms with Crippen LogP contribution in [0.1, 0.15) is 11.3 Å². The van der Waals surface area contributed by atoms with Gasteiger partial charge < -0.3 is 15.4 Å². The second-order valence-corrected chi connectivity index (χ2v) is 9.31. The third kappa shape index (κ3) is 5.91. The Hall–Kier alpha value is -3.66. The lowest BCUT2D eigenvalue weighted by molar-refractivity contribution is -0.137. The number of nitrogens with one attached hydrogen (secondary N) is 2. The number of pyridine rings is 1. The molecule has 0 atom stereocenters. The average Bonchev–Trinajstić information content (AvgIpc) is 2.91. The predicted octanol–water partition coefficient (Wildman–Crippen LogP) is 7.05. The number of carbonyl (C=O) groups excluding carboxylic acids is 1. The van der Waals surface area contributed by atoms with Crippen LogP contribution in [-0.4, -0.2) is 42.2 Å². The molecule has 38 heavy (non-hydrogen) atoms. The van der Waals surface area contributed by atoms with Crippen molar-refractivity contribution in [1.29, 1.82) is 0 Å². The summed E-state index contributed by atoms with van der Waals surface area (Å²) in [6, 6.07) is 17.3. The first kappa shape index (κ1) is 26.0. The van der Waals surface area contributed by atoms with Crippen LogP contribution in [0.15, 0.2) is 72.9 Å². The van der Waals surface area contributed by atoms with E-state index in [0.29, 0.717) is 5.69 Å². The van der Waals surface area contributed by atoms with Gasteiger partial charge in [-0.1, -0.05) is 48.0 Å². The monoisotopic (exact) mass is 540 g/mol. The van der Waals surface area contributed by atoms with Crippen LogP contribution < -0.4 is 10.6 Å². The first-order valence-electron chi connectivity index (χ1n) is 12.0. The number of rotatable bonds is 5. The fourth-order valence-electron chi connectivity index (χ4n) is 4.40. The largest absolute Gasteiger partial charge is 0.416 e. The Morgan fingerprint density at radius 3 is 2.39 bits per heavy atom. The molecule has 2 heterocycles. The molecule has 0 unspecified atom stereocenters. The van der Waals surface area contributed by atoms with Crippen LogP contribution in [0.3, 0.4) is 0 Å². The van der Waals surface area contributed by atoms with Crippen molar-refractivity contribution in [3.8, 4) is 11.1 Å². The normalized spacial score (nSPS) is 14.4. The van der Waals surface area contributed by atoms with E-state index in [-0.39, 0.29) is 10.7 Å². The highest BCUT2D eigenvalue weighted by Gasteiger charge is 2.31. The molecule has 4 aromatic rings. The van der Waals surface area contributed by atoms with Crippen molar-refractivity contribution < 1.29 is 22.7 Å². The van der Waals surface area contributed by atoms with E-state index >= 15 is 0 Å². The first-order chi connectivity index (χ1) is 18.3. The molecule has 1 aromatic heterocycles. The van der Waals surface area contributed by atoms with Crippen molar-refractivity contribution in [2.24, 2.45) is 0 Å². The Labute approximate surface area is 222 Å². The second-order valence-electron chi connectivity index (χ2n) is 8.90. The number of hydrogen-bond donors (Lipinski definition) is 2. The standard InChI is InChI=1S/C28H24ClF3N4O2/c29-24-9-6-19(28(30,31)32)15-26(24)35-27(37)34-25-10-8-21(22-3-1-2-4-23(22)25)18-5-7-20(33-16-18)17-36-11-13-38-14-12-36/h1-10,15-16H,11-14,17H2,(H2,34,35,37). The number of amides is 2. The summed E-state index contributed by atoms with van der Waals surface area (Å²) in [5, 5.41) is 6.81. The Balaban J connectivity index is 1.36. The molecule has 0 spiro atoms. The SMILES string of the molecule is O=C(Nc1cc(C(F)(F)F)ccc1Cl)Nc1ccc(-c2ccc(CN3CCOCC3)nc2)c2ccccc12. The van der Waals surface area contributed by atoms with Crippen LogP contribution in [0.5, 0.6) is 0 Å². The molecule has 1 fully saturated rings. The molecule has 1 aliphatic heterocycles. The second kappa shape index (κ2) is 11.0. The summed E-state index contributed by atoms with van der Waals surface area (Å²) in [6.07, 6.45) is -2.72. The number of urea groups is 1. The fraction of sp³-hybridized carbons (Fsp3) is 0.214. The molecule has 0 bridgehead atoms. The van der Waals surface area contributed by atoms with Gasteiger partial charge >= 0.3 is 12.2 Å². The maximum atomic E-state index is 13.1. The Bertz CT molecular complexity index is 1460. The Morgan fingerprint density at radius 2 is 1.68 bits per heavy atom. The minimum atomic E-state index is -4.56. The summed E-state index contributed by atoms with van der Waals surface area (Å²) in [4.78, 5) is 19.7. The van der Waals surface area contributed by atoms with Crippen LogP contribution in [0.4, 0.5) is 29.3 Å². The number of morpholine rings is 1. The maximum Gasteiger partial charge on any atom is 0.416 e. The van der Waals surface area contributed by atoms with E-state index in [9.17, 15) is 18.0 Å². The summed E-state index contributed by atoms with van der Waals surface area (Å²) in [7, 11) is 0. The zero-order chi connectivity index (χ0) is 26.7. The molecule has 10 heteroatoms. The number of anilines is 2. The third-order valence-electron chi connectivity index (χ3n) is 6.34. The lowest BCUT2D eigenvalue weighted by Crippen LogP contribution is -2.35. The van der Waals surface area contributed by atoms with Gasteiger partial charge in [-0.05, 0) is 41.3 Å². The molecule has 2 amide bonds.